The van der Waals surface area contributed by atoms with Crippen molar-refractivity contribution < 1.29 is 22.0 Å². The quantitative estimate of drug-likeness (QED) is 0.163. The number of aliphatic hydroxyl groups excluding tert-OH is 1. The number of quaternary nitrogens is 1. The molecule has 31 heavy (non-hydrogen) atoms. The fourth-order valence-electron chi connectivity index (χ4n) is 4.42. The van der Waals surface area contributed by atoms with Crippen LogP contribution in [0.1, 0.15) is 122 Å². The highest BCUT2D eigenvalue weighted by molar-refractivity contribution is 5.13. The van der Waals surface area contributed by atoms with Gasteiger partial charge in [-0.25, -0.2) is 0 Å². The number of benzene rings is 1. The maximum absolute atomic E-state index is 10.3. The lowest BCUT2D eigenvalue weighted by molar-refractivity contribution is -0.964. The highest BCUT2D eigenvalue weighted by Gasteiger charge is 2.27. The standard InChI is InChI=1S/C28H52NO.ClH/c1-4-5-6-7-8-9-10-11-12-13-14-15-16-17-18-22-25-29(3,27(2)30)26-28-23-20-19-21-24-28;/h19-21,23-24,27,30H,4-18,22,25-26H2,1-3H3;1H/q+1;/p-1. The lowest BCUT2D eigenvalue weighted by Crippen LogP contribution is -3.00. The second-order valence-corrected chi connectivity index (χ2v) is 9.78. The second-order valence-electron chi connectivity index (χ2n) is 9.78. The summed E-state index contributed by atoms with van der Waals surface area (Å²) in [5.41, 5.74) is 1.32. The summed E-state index contributed by atoms with van der Waals surface area (Å²) in [6.07, 6.45) is 22.1. The predicted molar refractivity (Wildman–Crippen MR) is 132 cm³/mol. The molecule has 1 aromatic rings. The SMILES string of the molecule is CCCCCCCCCCCCCCCCCC[N+](C)(Cc1ccccc1)C(C)O.[Cl-]. The molecule has 2 nitrogen and oxygen atoms in total. The topological polar surface area (TPSA) is 20.2 Å². The van der Waals surface area contributed by atoms with Crippen LogP contribution in [0.2, 0.25) is 0 Å². The third-order valence-corrected chi connectivity index (χ3v) is 6.81. The van der Waals surface area contributed by atoms with Crippen molar-refractivity contribution in [2.75, 3.05) is 13.6 Å². The summed E-state index contributed by atoms with van der Waals surface area (Å²) in [6.45, 7) is 6.21. The minimum atomic E-state index is -0.318. The molecule has 3 heteroatoms. The predicted octanol–water partition coefficient (Wildman–Crippen LogP) is 5.24. The first-order valence-corrected chi connectivity index (χ1v) is 13.1. The highest BCUT2D eigenvalue weighted by Crippen LogP contribution is 2.18. The van der Waals surface area contributed by atoms with Gasteiger partial charge in [-0.1, -0.05) is 127 Å². The van der Waals surface area contributed by atoms with Crippen molar-refractivity contribution in [2.24, 2.45) is 0 Å². The number of halogens is 1. The van der Waals surface area contributed by atoms with Crippen LogP contribution in [0.25, 0.3) is 0 Å². The van der Waals surface area contributed by atoms with Crippen molar-refractivity contribution in [2.45, 2.75) is 129 Å². The van der Waals surface area contributed by atoms with E-state index in [0.717, 1.165) is 17.6 Å². The van der Waals surface area contributed by atoms with Gasteiger partial charge in [-0.05, 0) is 12.8 Å². The van der Waals surface area contributed by atoms with E-state index in [9.17, 15) is 5.11 Å². The summed E-state index contributed by atoms with van der Waals surface area (Å²) in [7, 11) is 2.20. The molecule has 2 atom stereocenters. The van der Waals surface area contributed by atoms with Gasteiger partial charge in [0, 0.05) is 12.5 Å². The van der Waals surface area contributed by atoms with E-state index in [0.29, 0.717) is 0 Å². The Morgan fingerprint density at radius 2 is 1.06 bits per heavy atom. The van der Waals surface area contributed by atoms with Crippen molar-refractivity contribution in [1.82, 2.24) is 0 Å². The van der Waals surface area contributed by atoms with E-state index in [1.54, 1.807) is 0 Å². The Hall–Kier alpha value is -0.570. The molecule has 1 aromatic carbocycles. The summed E-state index contributed by atoms with van der Waals surface area (Å²) in [5, 5.41) is 10.3. The van der Waals surface area contributed by atoms with E-state index in [-0.39, 0.29) is 18.6 Å². The molecule has 0 fully saturated rings. The number of unbranched alkanes of at least 4 members (excludes halogenated alkanes) is 15. The smallest absolute Gasteiger partial charge is 0.187 e. The van der Waals surface area contributed by atoms with Crippen molar-refractivity contribution in [1.29, 1.82) is 0 Å². The Labute approximate surface area is 200 Å². The highest BCUT2D eigenvalue weighted by atomic mass is 35.5. The van der Waals surface area contributed by atoms with Gasteiger partial charge in [0.05, 0.1) is 13.6 Å². The third kappa shape index (κ3) is 15.8. The number of rotatable bonds is 20. The van der Waals surface area contributed by atoms with Gasteiger partial charge in [-0.3, -0.25) is 4.48 Å². The average molecular weight is 454 g/mol. The van der Waals surface area contributed by atoms with E-state index in [1.165, 1.54) is 108 Å². The number of aliphatic hydroxyl groups is 1. The zero-order valence-corrected chi connectivity index (χ0v) is 21.7. The first-order valence-electron chi connectivity index (χ1n) is 13.1. The first kappa shape index (κ1) is 30.4. The van der Waals surface area contributed by atoms with Crippen LogP contribution < -0.4 is 12.4 Å². The molecule has 0 spiro atoms. The minimum absolute atomic E-state index is 0. The average Bonchev–Trinajstić information content (AvgIpc) is 2.74. The van der Waals surface area contributed by atoms with Crippen molar-refractivity contribution in [3.8, 4) is 0 Å². The minimum Gasteiger partial charge on any atom is -1.00 e. The van der Waals surface area contributed by atoms with E-state index in [4.69, 9.17) is 0 Å². The molecule has 0 saturated heterocycles. The summed E-state index contributed by atoms with van der Waals surface area (Å²) < 4.78 is 0.725. The molecule has 1 rings (SSSR count). The van der Waals surface area contributed by atoms with Crippen molar-refractivity contribution in [3.05, 3.63) is 35.9 Å². The van der Waals surface area contributed by atoms with Gasteiger partial charge >= 0.3 is 0 Å². The first-order chi connectivity index (χ1) is 14.6. The lowest BCUT2D eigenvalue weighted by atomic mass is 10.0. The fraction of sp³-hybridized carbons (Fsp3) is 0.786. The van der Waals surface area contributed by atoms with Crippen LogP contribution in [0.5, 0.6) is 0 Å². The van der Waals surface area contributed by atoms with Gasteiger partial charge in [0.1, 0.15) is 6.54 Å². The molecule has 1 N–H and O–H groups in total. The molecule has 0 aromatic heterocycles. The molecule has 0 bridgehead atoms. The number of hydrogen-bond acceptors (Lipinski definition) is 1. The molecule has 0 aliphatic rings. The van der Waals surface area contributed by atoms with Crippen molar-refractivity contribution >= 4 is 0 Å². The van der Waals surface area contributed by atoms with Crippen LogP contribution >= 0.6 is 0 Å². The summed E-state index contributed by atoms with van der Waals surface area (Å²) in [6, 6.07) is 10.6. The van der Waals surface area contributed by atoms with E-state index < -0.39 is 0 Å². The van der Waals surface area contributed by atoms with Gasteiger partial charge in [-0.15, -0.1) is 0 Å². The summed E-state index contributed by atoms with van der Waals surface area (Å²) >= 11 is 0. The molecule has 0 amide bonds. The Morgan fingerprint density at radius 3 is 1.45 bits per heavy atom. The zero-order chi connectivity index (χ0) is 21.9. The zero-order valence-electron chi connectivity index (χ0n) is 21.0. The Balaban J connectivity index is 0.00000900. The fourth-order valence-corrected chi connectivity index (χ4v) is 4.42. The van der Waals surface area contributed by atoms with Gasteiger partial charge in [0.15, 0.2) is 6.23 Å². The Kier molecular flexibility index (Phi) is 19.7. The molecule has 0 saturated carbocycles. The van der Waals surface area contributed by atoms with Crippen LogP contribution in [0, 0.1) is 0 Å². The number of hydrogen-bond donors (Lipinski definition) is 1. The van der Waals surface area contributed by atoms with Crippen LogP contribution in [0.4, 0.5) is 0 Å². The molecule has 0 radical (unpaired) electrons. The van der Waals surface area contributed by atoms with Gasteiger partial charge in [-0.2, -0.15) is 0 Å². The Morgan fingerprint density at radius 1 is 0.677 bits per heavy atom. The monoisotopic (exact) mass is 453 g/mol. The van der Waals surface area contributed by atoms with Crippen LogP contribution in [0.3, 0.4) is 0 Å². The van der Waals surface area contributed by atoms with E-state index in [2.05, 4.69) is 44.3 Å². The van der Waals surface area contributed by atoms with E-state index >= 15 is 0 Å². The maximum Gasteiger partial charge on any atom is 0.187 e. The molecule has 2 unspecified atom stereocenters. The van der Waals surface area contributed by atoms with Crippen LogP contribution in [-0.2, 0) is 6.54 Å². The summed E-state index contributed by atoms with van der Waals surface area (Å²) in [4.78, 5) is 0. The molecule has 0 aliphatic carbocycles. The molecule has 0 aliphatic heterocycles. The molecular weight excluding hydrogens is 402 g/mol. The van der Waals surface area contributed by atoms with Gasteiger partial charge in [0.2, 0.25) is 0 Å². The number of nitrogens with zero attached hydrogens (tertiary/aromatic N) is 1. The molecule has 182 valence electrons. The maximum atomic E-state index is 10.3. The van der Waals surface area contributed by atoms with Crippen molar-refractivity contribution in [3.63, 3.8) is 0 Å². The summed E-state index contributed by atoms with van der Waals surface area (Å²) in [5.74, 6) is 0. The van der Waals surface area contributed by atoms with Crippen LogP contribution in [-0.4, -0.2) is 29.4 Å². The molecule has 0 heterocycles. The normalized spacial score (nSPS) is 14.1. The lowest BCUT2D eigenvalue weighted by Gasteiger charge is -2.37. The van der Waals surface area contributed by atoms with E-state index in [1.807, 2.05) is 6.92 Å². The third-order valence-electron chi connectivity index (χ3n) is 6.81. The van der Waals surface area contributed by atoms with Gasteiger partial charge < -0.3 is 17.5 Å². The van der Waals surface area contributed by atoms with Gasteiger partial charge in [0.25, 0.3) is 0 Å². The second kappa shape index (κ2) is 20.1. The van der Waals surface area contributed by atoms with Crippen LogP contribution in [0.15, 0.2) is 30.3 Å². The molecular formula is C28H52ClNO. The largest absolute Gasteiger partial charge is 1.00 e. The Bertz CT molecular complexity index is 493.